The van der Waals surface area contributed by atoms with Crippen LogP contribution < -0.4 is 15.0 Å². The van der Waals surface area contributed by atoms with Crippen LogP contribution in [0.3, 0.4) is 0 Å². The molecule has 0 amide bonds. The van der Waals surface area contributed by atoms with Gasteiger partial charge in [0.15, 0.2) is 5.78 Å². The lowest BCUT2D eigenvalue weighted by atomic mass is 10.0. The first-order valence-electron chi connectivity index (χ1n) is 10.7. The highest BCUT2D eigenvalue weighted by Crippen LogP contribution is 2.28. The van der Waals surface area contributed by atoms with Gasteiger partial charge in [-0.3, -0.25) is 14.6 Å². The first-order valence-corrected chi connectivity index (χ1v) is 10.7. The van der Waals surface area contributed by atoms with E-state index in [-0.39, 0.29) is 24.4 Å². The maximum atomic E-state index is 12.7. The first-order chi connectivity index (χ1) is 15.9. The monoisotopic (exact) mass is 442 g/mol. The predicted octanol–water partition coefficient (Wildman–Crippen LogP) is 4.64. The number of aromatic nitrogens is 2. The van der Waals surface area contributed by atoms with Gasteiger partial charge in [-0.15, -0.1) is 0 Å². The van der Waals surface area contributed by atoms with Crippen LogP contribution in [-0.2, 0) is 12.0 Å². The Morgan fingerprint density at radius 1 is 1.03 bits per heavy atom. The molecule has 0 fully saturated rings. The smallest absolute Gasteiger partial charge is 0.251 e. The zero-order valence-electron chi connectivity index (χ0n) is 18.9. The third kappa shape index (κ3) is 4.95. The summed E-state index contributed by atoms with van der Waals surface area (Å²) >= 11 is 0. The zero-order chi connectivity index (χ0) is 23.4. The molecule has 2 aromatic heterocycles. The summed E-state index contributed by atoms with van der Waals surface area (Å²) in [7, 11) is 1.61. The van der Waals surface area contributed by atoms with Crippen LogP contribution in [0, 0.1) is 0 Å². The van der Waals surface area contributed by atoms with E-state index in [0.29, 0.717) is 11.3 Å². The van der Waals surface area contributed by atoms with Crippen LogP contribution >= 0.6 is 0 Å². The van der Waals surface area contributed by atoms with Crippen molar-refractivity contribution in [3.8, 4) is 11.5 Å². The van der Waals surface area contributed by atoms with Crippen molar-refractivity contribution in [2.45, 2.75) is 25.8 Å². The van der Waals surface area contributed by atoms with E-state index in [0.717, 1.165) is 22.2 Å². The molecule has 33 heavy (non-hydrogen) atoms. The van der Waals surface area contributed by atoms with Crippen molar-refractivity contribution in [1.29, 1.82) is 0 Å². The number of fused-ring (bicyclic) bond motifs is 1. The number of methoxy groups -OCH3 is 1. The van der Waals surface area contributed by atoms with Crippen molar-refractivity contribution in [3.63, 3.8) is 0 Å². The molecule has 4 aromatic rings. The number of rotatable bonds is 8. The summed E-state index contributed by atoms with van der Waals surface area (Å²) in [6, 6.07) is 19.8. The van der Waals surface area contributed by atoms with Crippen LogP contribution in [0.4, 0.5) is 0 Å². The van der Waals surface area contributed by atoms with E-state index in [4.69, 9.17) is 9.47 Å². The third-order valence-electron chi connectivity index (χ3n) is 5.58. The molecular formula is C27H26N2O4. The minimum atomic E-state index is -0.648. The van der Waals surface area contributed by atoms with E-state index in [9.17, 15) is 9.59 Å². The van der Waals surface area contributed by atoms with Gasteiger partial charge in [-0.25, -0.2) is 0 Å². The summed E-state index contributed by atoms with van der Waals surface area (Å²) in [6.45, 7) is 4.13. The van der Waals surface area contributed by atoms with Crippen molar-refractivity contribution in [2.24, 2.45) is 0 Å². The molecule has 6 heteroatoms. The molecule has 6 nitrogen and oxygen atoms in total. The number of nitrogens with zero attached hydrogens (tertiary/aromatic N) is 2. The van der Waals surface area contributed by atoms with Gasteiger partial charge in [-0.1, -0.05) is 36.4 Å². The fourth-order valence-corrected chi connectivity index (χ4v) is 3.70. The fraction of sp³-hybridized carbons (Fsp3) is 0.222. The Morgan fingerprint density at radius 2 is 1.82 bits per heavy atom. The van der Waals surface area contributed by atoms with Gasteiger partial charge >= 0.3 is 0 Å². The van der Waals surface area contributed by atoms with Crippen molar-refractivity contribution in [3.05, 3.63) is 101 Å². The van der Waals surface area contributed by atoms with Crippen molar-refractivity contribution < 1.29 is 14.3 Å². The summed E-state index contributed by atoms with van der Waals surface area (Å²) in [5, 5.41) is 0.864. The summed E-state index contributed by atoms with van der Waals surface area (Å²) in [5.41, 5.74) is 1.40. The van der Waals surface area contributed by atoms with Gasteiger partial charge in [0.1, 0.15) is 18.1 Å². The number of Topliss-reactive ketones (excluding diaryl/α,β-unsaturated/α-hetero) is 1. The quantitative estimate of drug-likeness (QED) is 0.372. The Hall–Kier alpha value is -3.93. The molecule has 0 bridgehead atoms. The number of hydrogen-bond donors (Lipinski definition) is 0. The number of hydrogen-bond acceptors (Lipinski definition) is 5. The molecule has 0 N–H and O–H groups in total. The molecule has 0 spiro atoms. The topological polar surface area (TPSA) is 70.4 Å². The van der Waals surface area contributed by atoms with E-state index in [1.807, 2.05) is 56.3 Å². The molecule has 2 aromatic carbocycles. The normalized spacial score (nSPS) is 11.4. The molecule has 0 atom stereocenters. The van der Waals surface area contributed by atoms with E-state index in [2.05, 4.69) is 4.98 Å². The summed E-state index contributed by atoms with van der Waals surface area (Å²) in [4.78, 5) is 29.7. The highest BCUT2D eigenvalue weighted by molar-refractivity contribution is 5.97. The molecule has 0 saturated heterocycles. The van der Waals surface area contributed by atoms with Crippen LogP contribution in [0.5, 0.6) is 11.5 Å². The third-order valence-corrected chi connectivity index (χ3v) is 5.58. The molecule has 0 saturated carbocycles. The maximum Gasteiger partial charge on any atom is 0.251 e. The lowest BCUT2D eigenvalue weighted by Gasteiger charge is -2.28. The number of carbonyl (C=O) groups excluding carboxylic acids is 1. The molecule has 0 aliphatic rings. The Balaban J connectivity index is 1.55. The number of ketones is 1. The van der Waals surface area contributed by atoms with Crippen LogP contribution in [0.25, 0.3) is 10.9 Å². The van der Waals surface area contributed by atoms with Crippen LogP contribution in [0.15, 0.2) is 83.9 Å². The van der Waals surface area contributed by atoms with Gasteiger partial charge in [0.2, 0.25) is 0 Å². The number of pyridine rings is 2. The van der Waals surface area contributed by atoms with Gasteiger partial charge in [0.05, 0.1) is 18.2 Å². The highest BCUT2D eigenvalue weighted by Gasteiger charge is 2.23. The van der Waals surface area contributed by atoms with Gasteiger partial charge in [0, 0.05) is 41.9 Å². The van der Waals surface area contributed by atoms with E-state index >= 15 is 0 Å². The Morgan fingerprint density at radius 3 is 2.58 bits per heavy atom. The standard InChI is InChI=1S/C27H26N2O4/c1-27(2,18-33-25-13-14-28-23-16-21(32-3)10-11-22(23)25)29-17-19(9-12-26(29)31)15-24(30)20-7-5-4-6-8-20/h4-14,16-17H,15,18H2,1-3H3. The van der Waals surface area contributed by atoms with Crippen LogP contribution in [0.2, 0.25) is 0 Å². The molecule has 4 rings (SSSR count). The predicted molar refractivity (Wildman–Crippen MR) is 128 cm³/mol. The first kappa shape index (κ1) is 22.3. The van der Waals surface area contributed by atoms with Crippen molar-refractivity contribution >= 4 is 16.7 Å². The lowest BCUT2D eigenvalue weighted by molar-refractivity contribution is 0.0992. The molecular weight excluding hydrogens is 416 g/mol. The second-order valence-corrected chi connectivity index (χ2v) is 8.50. The molecule has 0 aliphatic carbocycles. The number of carbonyl (C=O) groups is 1. The highest BCUT2D eigenvalue weighted by atomic mass is 16.5. The molecule has 168 valence electrons. The molecule has 0 unspecified atom stereocenters. The minimum absolute atomic E-state index is 0.00791. The number of ether oxygens (including phenoxy) is 2. The number of benzene rings is 2. The molecule has 2 heterocycles. The maximum absolute atomic E-state index is 12.7. The Kier molecular flexibility index (Phi) is 6.27. The summed E-state index contributed by atoms with van der Waals surface area (Å²) < 4.78 is 13.1. The van der Waals surface area contributed by atoms with Crippen LogP contribution in [0.1, 0.15) is 29.8 Å². The van der Waals surface area contributed by atoms with Gasteiger partial charge < -0.3 is 14.0 Å². The SMILES string of the molecule is COc1ccc2c(OCC(C)(C)n3cc(CC(=O)c4ccccc4)ccc3=O)ccnc2c1. The van der Waals surface area contributed by atoms with E-state index in [1.54, 1.807) is 42.3 Å². The fourth-order valence-electron chi connectivity index (χ4n) is 3.70. The van der Waals surface area contributed by atoms with E-state index in [1.165, 1.54) is 6.07 Å². The molecule has 0 aliphatic heterocycles. The van der Waals surface area contributed by atoms with Crippen LogP contribution in [-0.4, -0.2) is 29.1 Å². The Bertz CT molecular complexity index is 1340. The molecule has 0 radical (unpaired) electrons. The minimum Gasteiger partial charge on any atom is -0.497 e. The second kappa shape index (κ2) is 9.28. The van der Waals surface area contributed by atoms with Gasteiger partial charge in [0.25, 0.3) is 5.56 Å². The van der Waals surface area contributed by atoms with Crippen molar-refractivity contribution in [1.82, 2.24) is 9.55 Å². The zero-order valence-corrected chi connectivity index (χ0v) is 18.9. The largest absolute Gasteiger partial charge is 0.497 e. The summed E-state index contributed by atoms with van der Waals surface area (Å²) in [5.74, 6) is 1.41. The van der Waals surface area contributed by atoms with E-state index < -0.39 is 5.54 Å². The summed E-state index contributed by atoms with van der Waals surface area (Å²) in [6.07, 6.45) is 3.66. The lowest BCUT2D eigenvalue weighted by Crippen LogP contribution is -2.40. The Labute approximate surface area is 192 Å². The second-order valence-electron chi connectivity index (χ2n) is 8.50. The average Bonchev–Trinajstić information content (AvgIpc) is 2.84. The van der Waals surface area contributed by atoms with Gasteiger partial charge in [-0.2, -0.15) is 0 Å². The van der Waals surface area contributed by atoms with Gasteiger partial charge in [-0.05, 0) is 37.6 Å². The average molecular weight is 443 g/mol. The van der Waals surface area contributed by atoms with Crippen molar-refractivity contribution in [2.75, 3.05) is 13.7 Å².